The third-order valence-electron chi connectivity index (χ3n) is 3.00. The molecule has 3 atom stereocenters. The number of halogens is 1. The van der Waals surface area contributed by atoms with Crippen LogP contribution in [-0.4, -0.2) is 32.9 Å². The van der Waals surface area contributed by atoms with Crippen molar-refractivity contribution in [2.24, 2.45) is 5.16 Å². The number of hydrogen-bond acceptors (Lipinski definition) is 5. The fourth-order valence-electron chi connectivity index (χ4n) is 2.02. The SMILES string of the molecule is C=NO[C@H]1C[C@H](n2cc(C)c(=O)[nH]c2=O)O[C@@H]1CI. The maximum atomic E-state index is 11.8. The third-order valence-corrected chi connectivity index (χ3v) is 3.87. The summed E-state index contributed by atoms with van der Waals surface area (Å²) in [7, 11) is 0. The van der Waals surface area contributed by atoms with Gasteiger partial charge in [0.15, 0.2) is 6.10 Å². The zero-order chi connectivity index (χ0) is 14.0. The van der Waals surface area contributed by atoms with E-state index < -0.39 is 11.9 Å². The van der Waals surface area contributed by atoms with Gasteiger partial charge in [-0.15, -0.1) is 5.16 Å². The Morgan fingerprint density at radius 1 is 1.68 bits per heavy atom. The Kier molecular flexibility index (Phi) is 4.40. The number of nitrogens with one attached hydrogen (secondary N) is 1. The van der Waals surface area contributed by atoms with Crippen LogP contribution in [0.3, 0.4) is 0 Å². The molecule has 0 amide bonds. The fourth-order valence-corrected chi connectivity index (χ4v) is 2.79. The first-order chi connectivity index (χ1) is 9.06. The molecule has 0 saturated carbocycles. The molecule has 0 radical (unpaired) electrons. The Morgan fingerprint density at radius 3 is 3.05 bits per heavy atom. The van der Waals surface area contributed by atoms with Gasteiger partial charge in [-0.1, -0.05) is 22.6 Å². The lowest BCUT2D eigenvalue weighted by Crippen LogP contribution is -2.33. The molecule has 1 aliphatic heterocycles. The molecule has 1 fully saturated rings. The third kappa shape index (κ3) is 2.89. The Morgan fingerprint density at radius 2 is 2.42 bits per heavy atom. The molecule has 1 N–H and O–H groups in total. The van der Waals surface area contributed by atoms with E-state index in [2.05, 4.69) is 39.4 Å². The number of hydrogen-bond donors (Lipinski definition) is 1. The van der Waals surface area contributed by atoms with Gasteiger partial charge in [0.25, 0.3) is 5.56 Å². The van der Waals surface area contributed by atoms with E-state index in [1.165, 1.54) is 10.8 Å². The summed E-state index contributed by atoms with van der Waals surface area (Å²) in [6.07, 6.45) is 1.13. The van der Waals surface area contributed by atoms with Crippen LogP contribution >= 0.6 is 22.6 Å². The van der Waals surface area contributed by atoms with Crippen LogP contribution < -0.4 is 11.2 Å². The molecule has 0 aromatic carbocycles. The second-order valence-corrected chi connectivity index (χ2v) is 5.15. The molecule has 7 nitrogen and oxygen atoms in total. The molecule has 1 aromatic heterocycles. The van der Waals surface area contributed by atoms with Gasteiger partial charge in [-0.25, -0.2) is 4.79 Å². The average Bonchev–Trinajstić information content (AvgIpc) is 2.77. The smallest absolute Gasteiger partial charge is 0.330 e. The summed E-state index contributed by atoms with van der Waals surface area (Å²) in [5.74, 6) is 0. The Labute approximate surface area is 122 Å². The topological polar surface area (TPSA) is 85.7 Å². The van der Waals surface area contributed by atoms with Gasteiger partial charge in [0, 0.05) is 29.3 Å². The van der Waals surface area contributed by atoms with Crippen LogP contribution in [0.1, 0.15) is 18.2 Å². The van der Waals surface area contributed by atoms with E-state index in [4.69, 9.17) is 9.57 Å². The Balaban J connectivity index is 2.29. The molecule has 1 aromatic rings. The van der Waals surface area contributed by atoms with Crippen molar-refractivity contribution in [2.75, 3.05) is 4.43 Å². The standard InChI is InChI=1S/C11H14IN3O4/c1-6-5-15(11(17)14-10(6)16)9-3-7(19-13-2)8(4-12)18-9/h5,7-9H,2-4H2,1H3,(H,14,16,17)/t7-,8+,9+/m0/s1. The fraction of sp³-hybridized carbons (Fsp3) is 0.545. The van der Waals surface area contributed by atoms with Gasteiger partial charge >= 0.3 is 5.69 Å². The van der Waals surface area contributed by atoms with Crippen molar-refractivity contribution in [3.05, 3.63) is 32.6 Å². The number of rotatable bonds is 4. The minimum absolute atomic E-state index is 0.157. The summed E-state index contributed by atoms with van der Waals surface area (Å²) < 4.78 is 7.85. The van der Waals surface area contributed by atoms with Gasteiger partial charge in [-0.3, -0.25) is 14.3 Å². The van der Waals surface area contributed by atoms with Crippen LogP contribution in [0.4, 0.5) is 0 Å². The number of ether oxygens (including phenoxy) is 1. The molecule has 0 aliphatic carbocycles. The monoisotopic (exact) mass is 379 g/mol. The van der Waals surface area contributed by atoms with E-state index >= 15 is 0 Å². The predicted octanol–water partition coefficient (Wildman–Crippen LogP) is 0.568. The van der Waals surface area contributed by atoms with Crippen LogP contribution in [0.25, 0.3) is 0 Å². The second-order valence-electron chi connectivity index (χ2n) is 4.27. The number of nitrogens with zero attached hydrogens (tertiary/aromatic N) is 2. The summed E-state index contributed by atoms with van der Waals surface area (Å²) in [6, 6.07) is 0. The first-order valence-corrected chi connectivity index (χ1v) is 7.24. The number of H-pyrrole nitrogens is 1. The maximum absolute atomic E-state index is 11.8. The largest absolute Gasteiger partial charge is 0.390 e. The molecule has 19 heavy (non-hydrogen) atoms. The van der Waals surface area contributed by atoms with Gasteiger partial charge in [-0.2, -0.15) is 0 Å². The summed E-state index contributed by atoms with van der Waals surface area (Å²) in [5, 5.41) is 3.42. The van der Waals surface area contributed by atoms with E-state index in [1.54, 1.807) is 6.92 Å². The van der Waals surface area contributed by atoms with Crippen LogP contribution in [0.2, 0.25) is 0 Å². The number of aromatic amines is 1. The van der Waals surface area contributed by atoms with Crippen molar-refractivity contribution in [3.8, 4) is 0 Å². The van der Waals surface area contributed by atoms with Gasteiger partial charge in [0.2, 0.25) is 0 Å². The molecule has 2 heterocycles. The Hall–Kier alpha value is -1.16. The quantitative estimate of drug-likeness (QED) is 0.359. The highest BCUT2D eigenvalue weighted by Gasteiger charge is 2.38. The van der Waals surface area contributed by atoms with Crippen molar-refractivity contribution in [2.45, 2.75) is 31.8 Å². The highest BCUT2D eigenvalue weighted by atomic mass is 127. The summed E-state index contributed by atoms with van der Waals surface area (Å²) in [4.78, 5) is 30.5. The molecule has 8 heteroatoms. The van der Waals surface area contributed by atoms with Crippen LogP contribution in [0.15, 0.2) is 20.9 Å². The molecular weight excluding hydrogens is 365 g/mol. The lowest BCUT2D eigenvalue weighted by atomic mass is 10.2. The maximum Gasteiger partial charge on any atom is 0.330 e. The van der Waals surface area contributed by atoms with E-state index in [0.717, 1.165) is 0 Å². The molecular formula is C11H14IN3O4. The molecule has 0 unspecified atom stereocenters. The number of aromatic nitrogens is 2. The van der Waals surface area contributed by atoms with Gasteiger partial charge in [0.1, 0.15) is 12.3 Å². The van der Waals surface area contributed by atoms with Crippen molar-refractivity contribution >= 4 is 29.3 Å². The minimum atomic E-state index is -0.486. The second kappa shape index (κ2) is 5.87. The first kappa shape index (κ1) is 14.3. The summed E-state index contributed by atoms with van der Waals surface area (Å²) in [5.41, 5.74) is -0.411. The highest BCUT2D eigenvalue weighted by Crippen LogP contribution is 2.30. The predicted molar refractivity (Wildman–Crippen MR) is 77.9 cm³/mol. The molecule has 1 saturated heterocycles. The average molecular weight is 379 g/mol. The molecule has 2 rings (SSSR count). The van der Waals surface area contributed by atoms with Crippen LogP contribution in [0.5, 0.6) is 0 Å². The number of oxime groups is 1. The molecule has 104 valence electrons. The number of alkyl halides is 1. The van der Waals surface area contributed by atoms with Crippen molar-refractivity contribution < 1.29 is 9.57 Å². The molecule has 1 aliphatic rings. The lowest BCUT2D eigenvalue weighted by molar-refractivity contribution is -0.0241. The summed E-state index contributed by atoms with van der Waals surface area (Å²) in [6.45, 7) is 4.93. The zero-order valence-electron chi connectivity index (χ0n) is 10.3. The van der Waals surface area contributed by atoms with Gasteiger partial charge < -0.3 is 9.57 Å². The normalized spacial score (nSPS) is 26.3. The Bertz CT molecular complexity index is 582. The van der Waals surface area contributed by atoms with E-state index in [9.17, 15) is 9.59 Å². The zero-order valence-corrected chi connectivity index (χ0v) is 12.5. The summed E-state index contributed by atoms with van der Waals surface area (Å²) >= 11 is 2.18. The highest BCUT2D eigenvalue weighted by molar-refractivity contribution is 14.1. The number of aryl methyl sites for hydroxylation is 1. The van der Waals surface area contributed by atoms with E-state index in [0.29, 0.717) is 16.4 Å². The van der Waals surface area contributed by atoms with E-state index in [-0.39, 0.29) is 17.8 Å². The van der Waals surface area contributed by atoms with Crippen molar-refractivity contribution in [1.82, 2.24) is 9.55 Å². The van der Waals surface area contributed by atoms with Gasteiger partial charge in [-0.05, 0) is 6.92 Å². The van der Waals surface area contributed by atoms with E-state index in [1.807, 2.05) is 0 Å². The molecule has 0 bridgehead atoms. The lowest BCUT2D eigenvalue weighted by Gasteiger charge is -2.14. The molecule has 0 spiro atoms. The minimum Gasteiger partial charge on any atom is -0.390 e. The van der Waals surface area contributed by atoms with Crippen molar-refractivity contribution in [3.63, 3.8) is 0 Å². The van der Waals surface area contributed by atoms with Crippen LogP contribution in [-0.2, 0) is 9.57 Å². The van der Waals surface area contributed by atoms with Crippen LogP contribution in [0, 0.1) is 6.92 Å². The van der Waals surface area contributed by atoms with Gasteiger partial charge in [0.05, 0.1) is 0 Å². The van der Waals surface area contributed by atoms with Crippen molar-refractivity contribution in [1.29, 1.82) is 0 Å². The first-order valence-electron chi connectivity index (χ1n) is 5.72.